The molecule has 0 aliphatic carbocycles. The summed E-state index contributed by atoms with van der Waals surface area (Å²) in [6.07, 6.45) is 4.00. The van der Waals surface area contributed by atoms with Crippen molar-refractivity contribution in [3.8, 4) is 5.75 Å². The standard InChI is InChI=1S/C18H24N4O.HI/c1-2-3-11-21-18(19)22-13-15-7-9-17(10-8-15)23-14-16-6-4-5-12-20-16;/h4-10,12H,2-3,11,13-14H2,1H3,(H3,19,21,22);1H. The molecule has 3 N–H and O–H groups in total. The molecule has 0 spiro atoms. The average molecular weight is 440 g/mol. The molecule has 6 heteroatoms. The monoisotopic (exact) mass is 440 g/mol. The number of benzene rings is 1. The lowest BCUT2D eigenvalue weighted by molar-refractivity contribution is 0.301. The first-order chi connectivity index (χ1) is 11.3. The molecule has 1 heterocycles. The van der Waals surface area contributed by atoms with Crippen LogP contribution in [-0.2, 0) is 13.2 Å². The number of ether oxygens (including phenoxy) is 1. The van der Waals surface area contributed by atoms with Crippen LogP contribution in [0.25, 0.3) is 0 Å². The molecule has 2 aromatic rings. The van der Waals surface area contributed by atoms with Gasteiger partial charge in [-0.3, -0.25) is 4.98 Å². The number of hydrogen-bond donors (Lipinski definition) is 2. The molecule has 1 aromatic carbocycles. The largest absolute Gasteiger partial charge is 0.487 e. The minimum absolute atomic E-state index is 0. The molecule has 2 rings (SSSR count). The number of nitrogens with one attached hydrogen (secondary N) is 1. The third-order valence-electron chi connectivity index (χ3n) is 3.30. The van der Waals surface area contributed by atoms with E-state index in [1.54, 1.807) is 6.20 Å². The number of unbranched alkanes of at least 4 members (excludes halogenated alkanes) is 1. The highest BCUT2D eigenvalue weighted by Crippen LogP contribution is 2.14. The third kappa shape index (κ3) is 7.63. The van der Waals surface area contributed by atoms with Crippen LogP contribution < -0.4 is 15.8 Å². The first-order valence-corrected chi connectivity index (χ1v) is 7.93. The second-order valence-electron chi connectivity index (χ2n) is 5.24. The molecule has 1 aromatic heterocycles. The maximum Gasteiger partial charge on any atom is 0.188 e. The van der Waals surface area contributed by atoms with Gasteiger partial charge in [0.25, 0.3) is 0 Å². The van der Waals surface area contributed by atoms with Crippen LogP contribution in [0.5, 0.6) is 5.75 Å². The molecule has 5 nitrogen and oxygen atoms in total. The fraction of sp³-hybridized carbons (Fsp3) is 0.333. The molecule has 0 unspecified atom stereocenters. The molecule has 0 saturated carbocycles. The third-order valence-corrected chi connectivity index (χ3v) is 3.30. The molecule has 0 saturated heterocycles. The summed E-state index contributed by atoms with van der Waals surface area (Å²) < 4.78 is 5.70. The number of nitrogens with zero attached hydrogens (tertiary/aromatic N) is 2. The zero-order valence-corrected chi connectivity index (χ0v) is 16.3. The second kappa shape index (κ2) is 11.7. The van der Waals surface area contributed by atoms with E-state index in [9.17, 15) is 0 Å². The highest BCUT2D eigenvalue weighted by Gasteiger charge is 1.98. The Kier molecular flexibility index (Phi) is 9.83. The number of rotatable bonds is 8. The number of aromatic nitrogens is 1. The number of aliphatic imine (C=N–C) groups is 1. The lowest BCUT2D eigenvalue weighted by atomic mass is 10.2. The molecular weight excluding hydrogens is 415 g/mol. The highest BCUT2D eigenvalue weighted by molar-refractivity contribution is 14.0. The maximum absolute atomic E-state index is 5.81. The summed E-state index contributed by atoms with van der Waals surface area (Å²) in [5, 5.41) is 3.10. The van der Waals surface area contributed by atoms with E-state index >= 15 is 0 Å². The van der Waals surface area contributed by atoms with Crippen molar-refractivity contribution in [2.45, 2.75) is 32.9 Å². The van der Waals surface area contributed by atoms with Gasteiger partial charge < -0.3 is 15.8 Å². The Labute approximate surface area is 160 Å². The Bertz CT molecular complexity index is 602. The minimum atomic E-state index is 0. The predicted octanol–water partition coefficient (Wildman–Crippen LogP) is 3.48. The Morgan fingerprint density at radius 1 is 1.21 bits per heavy atom. The summed E-state index contributed by atoms with van der Waals surface area (Å²) in [5.41, 5.74) is 7.81. The van der Waals surface area contributed by atoms with Crippen molar-refractivity contribution in [3.63, 3.8) is 0 Å². The summed E-state index contributed by atoms with van der Waals surface area (Å²) in [7, 11) is 0. The maximum atomic E-state index is 5.81. The first kappa shape index (κ1) is 20.2. The highest BCUT2D eigenvalue weighted by atomic mass is 127. The Morgan fingerprint density at radius 2 is 2.00 bits per heavy atom. The summed E-state index contributed by atoms with van der Waals surface area (Å²) in [5.74, 6) is 1.31. The van der Waals surface area contributed by atoms with Gasteiger partial charge in [0.05, 0.1) is 12.2 Å². The number of hydrogen-bond acceptors (Lipinski definition) is 3. The van der Waals surface area contributed by atoms with Gasteiger partial charge in [-0.25, -0.2) is 4.99 Å². The van der Waals surface area contributed by atoms with E-state index < -0.39 is 0 Å². The Hall–Kier alpha value is -1.83. The van der Waals surface area contributed by atoms with Crippen LogP contribution in [0, 0.1) is 0 Å². The smallest absolute Gasteiger partial charge is 0.188 e. The Morgan fingerprint density at radius 3 is 2.67 bits per heavy atom. The molecule has 0 bridgehead atoms. The number of nitrogens with two attached hydrogens (primary N) is 1. The lowest BCUT2D eigenvalue weighted by Gasteiger charge is -2.07. The van der Waals surface area contributed by atoms with E-state index in [1.165, 1.54) is 0 Å². The number of pyridine rings is 1. The Balaban J connectivity index is 0.00000288. The molecule has 0 fully saturated rings. The number of guanidine groups is 1. The van der Waals surface area contributed by atoms with Crippen molar-refractivity contribution >= 4 is 29.9 Å². The van der Waals surface area contributed by atoms with Gasteiger partial charge in [0.15, 0.2) is 5.96 Å². The van der Waals surface area contributed by atoms with E-state index in [1.807, 2.05) is 42.5 Å². The topological polar surface area (TPSA) is 72.5 Å². The molecule has 0 radical (unpaired) electrons. The van der Waals surface area contributed by atoms with Gasteiger partial charge in [-0.05, 0) is 36.2 Å². The molecule has 0 aliphatic heterocycles. The molecule has 0 atom stereocenters. The fourth-order valence-electron chi connectivity index (χ4n) is 1.96. The normalized spacial score (nSPS) is 10.8. The van der Waals surface area contributed by atoms with Crippen LogP contribution in [0.3, 0.4) is 0 Å². The van der Waals surface area contributed by atoms with Gasteiger partial charge in [-0.1, -0.05) is 31.5 Å². The number of halogens is 1. The van der Waals surface area contributed by atoms with Gasteiger partial charge >= 0.3 is 0 Å². The van der Waals surface area contributed by atoms with Crippen LogP contribution in [0.15, 0.2) is 53.7 Å². The van der Waals surface area contributed by atoms with Gasteiger partial charge in [0.2, 0.25) is 0 Å². The average Bonchev–Trinajstić information content (AvgIpc) is 2.60. The van der Waals surface area contributed by atoms with Crippen molar-refractivity contribution in [1.29, 1.82) is 0 Å². The quantitative estimate of drug-likeness (QED) is 0.285. The van der Waals surface area contributed by atoms with E-state index in [0.717, 1.165) is 36.4 Å². The van der Waals surface area contributed by atoms with Crippen molar-refractivity contribution in [3.05, 3.63) is 59.9 Å². The second-order valence-corrected chi connectivity index (χ2v) is 5.24. The summed E-state index contributed by atoms with van der Waals surface area (Å²) >= 11 is 0. The van der Waals surface area contributed by atoms with Crippen LogP contribution >= 0.6 is 24.0 Å². The summed E-state index contributed by atoms with van der Waals surface area (Å²) in [4.78, 5) is 8.55. The van der Waals surface area contributed by atoms with Crippen molar-refractivity contribution in [1.82, 2.24) is 10.3 Å². The van der Waals surface area contributed by atoms with Crippen molar-refractivity contribution < 1.29 is 4.74 Å². The fourth-order valence-corrected chi connectivity index (χ4v) is 1.96. The van der Waals surface area contributed by atoms with Gasteiger partial charge in [-0.2, -0.15) is 0 Å². The molecular formula is C18H25IN4O. The zero-order chi connectivity index (χ0) is 16.3. The van der Waals surface area contributed by atoms with Gasteiger partial charge in [0, 0.05) is 12.7 Å². The van der Waals surface area contributed by atoms with Crippen LogP contribution in [0.2, 0.25) is 0 Å². The van der Waals surface area contributed by atoms with Crippen molar-refractivity contribution in [2.24, 2.45) is 10.7 Å². The molecule has 0 amide bonds. The summed E-state index contributed by atoms with van der Waals surface area (Å²) in [6, 6.07) is 13.7. The molecule has 130 valence electrons. The van der Waals surface area contributed by atoms with Gasteiger partial charge in [0.1, 0.15) is 12.4 Å². The van der Waals surface area contributed by atoms with E-state index in [2.05, 4.69) is 22.2 Å². The summed E-state index contributed by atoms with van der Waals surface area (Å²) in [6.45, 7) is 4.04. The predicted molar refractivity (Wildman–Crippen MR) is 109 cm³/mol. The van der Waals surface area contributed by atoms with Crippen LogP contribution in [0.4, 0.5) is 0 Å². The van der Waals surface area contributed by atoms with Crippen LogP contribution in [-0.4, -0.2) is 17.5 Å². The van der Waals surface area contributed by atoms with Crippen molar-refractivity contribution in [2.75, 3.05) is 6.54 Å². The first-order valence-electron chi connectivity index (χ1n) is 7.93. The minimum Gasteiger partial charge on any atom is -0.487 e. The lowest BCUT2D eigenvalue weighted by Crippen LogP contribution is -2.32. The van der Waals surface area contributed by atoms with E-state index in [-0.39, 0.29) is 24.0 Å². The van der Waals surface area contributed by atoms with Crippen LogP contribution in [0.1, 0.15) is 31.0 Å². The van der Waals surface area contributed by atoms with E-state index in [0.29, 0.717) is 19.1 Å². The SMILES string of the molecule is CCCCNC(N)=NCc1ccc(OCc2ccccn2)cc1.I. The molecule has 24 heavy (non-hydrogen) atoms. The molecule has 0 aliphatic rings. The van der Waals surface area contributed by atoms with E-state index in [4.69, 9.17) is 10.5 Å². The van der Waals surface area contributed by atoms with Gasteiger partial charge in [-0.15, -0.1) is 24.0 Å². The zero-order valence-electron chi connectivity index (χ0n) is 13.9.